The molecule has 0 aliphatic heterocycles. The Morgan fingerprint density at radius 2 is 2.25 bits per heavy atom. The van der Waals surface area contributed by atoms with E-state index in [-0.39, 0.29) is 18.2 Å². The van der Waals surface area contributed by atoms with Crippen molar-refractivity contribution < 1.29 is 13.9 Å². The molecule has 0 saturated heterocycles. The summed E-state index contributed by atoms with van der Waals surface area (Å²) in [6, 6.07) is 4.02. The van der Waals surface area contributed by atoms with Crippen LogP contribution in [0.2, 0.25) is 0 Å². The molecule has 0 aliphatic carbocycles. The van der Waals surface area contributed by atoms with Crippen LogP contribution < -0.4 is 9.64 Å². The Bertz CT molecular complexity index is 384. The molecule has 5 heteroatoms. The summed E-state index contributed by atoms with van der Waals surface area (Å²) in [5, 5.41) is 0. The number of nitrogens with zero attached hydrogens (tertiary/aromatic N) is 1. The zero-order valence-electron chi connectivity index (χ0n) is 9.17. The average molecular weight is 246 g/mol. The van der Waals surface area contributed by atoms with E-state index in [1.807, 2.05) is 0 Å². The first kappa shape index (κ1) is 12.8. The van der Waals surface area contributed by atoms with E-state index in [9.17, 15) is 9.18 Å². The fourth-order valence-corrected chi connectivity index (χ4v) is 1.47. The Hall–Kier alpha value is -1.29. The van der Waals surface area contributed by atoms with Gasteiger partial charge < -0.3 is 9.64 Å². The molecule has 0 bridgehead atoms. The van der Waals surface area contributed by atoms with Gasteiger partial charge in [0.2, 0.25) is 5.91 Å². The second-order valence-electron chi connectivity index (χ2n) is 3.21. The number of methoxy groups -OCH3 is 1. The van der Waals surface area contributed by atoms with Crippen molar-refractivity contribution in [1.29, 1.82) is 0 Å². The summed E-state index contributed by atoms with van der Waals surface area (Å²) in [5.41, 5.74) is 0.401. The number of carbonyl (C=O) groups excluding carboxylic acids is 1. The minimum absolute atomic E-state index is 0.182. The topological polar surface area (TPSA) is 29.5 Å². The predicted octanol–water partition coefficient (Wildman–Crippen LogP) is 2.43. The summed E-state index contributed by atoms with van der Waals surface area (Å²) in [6.07, 6.45) is 0.206. The molecule has 1 rings (SSSR count). The third-order valence-corrected chi connectivity index (χ3v) is 2.37. The molecule has 0 saturated carbocycles. The van der Waals surface area contributed by atoms with Gasteiger partial charge in [-0.15, -0.1) is 11.6 Å². The number of hydrogen-bond acceptors (Lipinski definition) is 2. The van der Waals surface area contributed by atoms with Crippen LogP contribution in [0.1, 0.15) is 6.42 Å². The third kappa shape index (κ3) is 2.85. The Labute approximate surface area is 98.8 Å². The van der Waals surface area contributed by atoms with Gasteiger partial charge in [0.1, 0.15) is 11.6 Å². The SMILES string of the molecule is COc1ccc(F)cc1N(C)C(=O)CCCl. The van der Waals surface area contributed by atoms with Gasteiger partial charge in [0.05, 0.1) is 12.8 Å². The lowest BCUT2D eigenvalue weighted by atomic mass is 10.2. The average Bonchev–Trinajstić information content (AvgIpc) is 2.28. The van der Waals surface area contributed by atoms with Gasteiger partial charge in [-0.3, -0.25) is 4.79 Å². The maximum atomic E-state index is 13.1. The van der Waals surface area contributed by atoms with Crippen LogP contribution in [0.3, 0.4) is 0 Å². The molecular weight excluding hydrogens is 233 g/mol. The molecule has 1 aromatic carbocycles. The Morgan fingerprint density at radius 3 is 2.81 bits per heavy atom. The number of amides is 1. The maximum absolute atomic E-state index is 13.1. The van der Waals surface area contributed by atoms with Crippen LogP contribution in [-0.2, 0) is 4.79 Å². The zero-order chi connectivity index (χ0) is 12.1. The van der Waals surface area contributed by atoms with Crippen molar-refractivity contribution in [3.05, 3.63) is 24.0 Å². The first-order valence-corrected chi connectivity index (χ1v) is 5.29. The summed E-state index contributed by atoms with van der Waals surface area (Å²) >= 11 is 5.48. The Morgan fingerprint density at radius 1 is 1.56 bits per heavy atom. The third-order valence-electron chi connectivity index (χ3n) is 2.18. The summed E-state index contributed by atoms with van der Waals surface area (Å²) < 4.78 is 18.1. The van der Waals surface area contributed by atoms with Gasteiger partial charge in [-0.05, 0) is 12.1 Å². The molecule has 0 fully saturated rings. The van der Waals surface area contributed by atoms with E-state index in [0.29, 0.717) is 11.4 Å². The van der Waals surface area contributed by atoms with Crippen LogP contribution >= 0.6 is 11.6 Å². The van der Waals surface area contributed by atoms with Crippen LogP contribution in [0.15, 0.2) is 18.2 Å². The minimum Gasteiger partial charge on any atom is -0.495 e. The van der Waals surface area contributed by atoms with Gasteiger partial charge in [0, 0.05) is 25.4 Å². The van der Waals surface area contributed by atoms with Gasteiger partial charge in [-0.1, -0.05) is 0 Å². The van der Waals surface area contributed by atoms with E-state index < -0.39 is 5.82 Å². The largest absolute Gasteiger partial charge is 0.495 e. The van der Waals surface area contributed by atoms with E-state index >= 15 is 0 Å². The number of alkyl halides is 1. The van der Waals surface area contributed by atoms with Crippen molar-refractivity contribution in [2.75, 3.05) is 24.9 Å². The number of ether oxygens (including phenoxy) is 1. The van der Waals surface area contributed by atoms with E-state index in [1.54, 1.807) is 7.05 Å². The first-order chi connectivity index (χ1) is 7.60. The number of benzene rings is 1. The van der Waals surface area contributed by atoms with E-state index in [1.165, 1.54) is 30.2 Å². The lowest BCUT2D eigenvalue weighted by Gasteiger charge is -2.19. The highest BCUT2D eigenvalue weighted by atomic mass is 35.5. The second kappa shape index (κ2) is 5.70. The van der Waals surface area contributed by atoms with Crippen LogP contribution in [0.25, 0.3) is 0 Å². The summed E-state index contributed by atoms with van der Waals surface area (Å²) in [7, 11) is 3.03. The van der Waals surface area contributed by atoms with Crippen molar-refractivity contribution in [2.24, 2.45) is 0 Å². The fourth-order valence-electron chi connectivity index (χ4n) is 1.31. The van der Waals surface area contributed by atoms with Gasteiger partial charge in [0.25, 0.3) is 0 Å². The lowest BCUT2D eigenvalue weighted by molar-refractivity contribution is -0.117. The maximum Gasteiger partial charge on any atom is 0.228 e. The van der Waals surface area contributed by atoms with E-state index in [4.69, 9.17) is 16.3 Å². The van der Waals surface area contributed by atoms with Crippen LogP contribution in [0.5, 0.6) is 5.75 Å². The first-order valence-electron chi connectivity index (χ1n) is 4.76. The molecule has 0 radical (unpaired) electrons. The Balaban J connectivity index is 3.01. The summed E-state index contributed by atoms with van der Waals surface area (Å²) in [4.78, 5) is 12.9. The highest BCUT2D eigenvalue weighted by Crippen LogP contribution is 2.28. The van der Waals surface area contributed by atoms with Crippen molar-refractivity contribution in [3.63, 3.8) is 0 Å². The van der Waals surface area contributed by atoms with E-state index in [2.05, 4.69) is 0 Å². The standard InChI is InChI=1S/C11H13ClFNO2/c1-14(11(15)5-6-12)9-7-8(13)3-4-10(9)16-2/h3-4,7H,5-6H2,1-2H3. The van der Waals surface area contributed by atoms with Gasteiger partial charge in [-0.25, -0.2) is 4.39 Å². The predicted molar refractivity (Wildman–Crippen MR) is 61.7 cm³/mol. The molecule has 3 nitrogen and oxygen atoms in total. The highest BCUT2D eigenvalue weighted by Gasteiger charge is 2.15. The molecule has 16 heavy (non-hydrogen) atoms. The molecule has 0 unspecified atom stereocenters. The quantitative estimate of drug-likeness (QED) is 0.763. The van der Waals surface area contributed by atoms with Crippen molar-refractivity contribution >= 4 is 23.2 Å². The molecular formula is C11H13ClFNO2. The van der Waals surface area contributed by atoms with Crippen LogP contribution in [0, 0.1) is 5.82 Å². The van der Waals surface area contributed by atoms with Crippen LogP contribution in [0.4, 0.5) is 10.1 Å². The summed E-state index contributed by atoms with van der Waals surface area (Å²) in [6.45, 7) is 0. The molecule has 88 valence electrons. The van der Waals surface area contributed by atoms with E-state index in [0.717, 1.165) is 0 Å². The lowest BCUT2D eigenvalue weighted by Crippen LogP contribution is -2.26. The highest BCUT2D eigenvalue weighted by molar-refractivity contribution is 6.19. The number of halogens is 2. The number of hydrogen-bond donors (Lipinski definition) is 0. The molecule has 0 N–H and O–H groups in total. The molecule has 0 heterocycles. The fraction of sp³-hybridized carbons (Fsp3) is 0.364. The molecule has 1 amide bonds. The number of anilines is 1. The van der Waals surface area contributed by atoms with Gasteiger partial charge in [-0.2, -0.15) is 0 Å². The normalized spacial score (nSPS) is 10.0. The summed E-state index contributed by atoms with van der Waals surface area (Å²) in [5.74, 6) is 0.0907. The van der Waals surface area contributed by atoms with Crippen molar-refractivity contribution in [1.82, 2.24) is 0 Å². The van der Waals surface area contributed by atoms with Crippen molar-refractivity contribution in [2.45, 2.75) is 6.42 Å². The smallest absolute Gasteiger partial charge is 0.228 e. The monoisotopic (exact) mass is 245 g/mol. The molecule has 0 aromatic heterocycles. The zero-order valence-corrected chi connectivity index (χ0v) is 9.92. The minimum atomic E-state index is -0.415. The van der Waals surface area contributed by atoms with Gasteiger partial charge >= 0.3 is 0 Å². The van der Waals surface area contributed by atoms with Gasteiger partial charge in [0.15, 0.2) is 0 Å². The van der Waals surface area contributed by atoms with Crippen LogP contribution in [-0.4, -0.2) is 25.9 Å². The molecule has 0 aliphatic rings. The molecule has 0 spiro atoms. The second-order valence-corrected chi connectivity index (χ2v) is 3.59. The molecule has 1 aromatic rings. The molecule has 0 atom stereocenters. The van der Waals surface area contributed by atoms with Crippen molar-refractivity contribution in [3.8, 4) is 5.75 Å². The Kier molecular flexibility index (Phi) is 4.55. The number of rotatable bonds is 4. The number of carbonyl (C=O) groups is 1.